The Morgan fingerprint density at radius 2 is 1.90 bits per heavy atom. The van der Waals surface area contributed by atoms with Crippen molar-refractivity contribution < 1.29 is 23.8 Å². The van der Waals surface area contributed by atoms with Crippen molar-refractivity contribution in [2.45, 2.75) is 19.4 Å². The molecule has 0 fully saturated rings. The summed E-state index contributed by atoms with van der Waals surface area (Å²) in [6, 6.07) is 13.4. The Morgan fingerprint density at radius 1 is 1.10 bits per heavy atom. The molecule has 1 aromatic carbocycles. The van der Waals surface area contributed by atoms with Crippen LogP contribution >= 0.6 is 0 Å². The van der Waals surface area contributed by atoms with E-state index in [4.69, 9.17) is 19.9 Å². The number of para-hydroxylation sites is 1. The fourth-order valence-electron chi connectivity index (χ4n) is 2.51. The average molecular weight is 397 g/mol. The van der Waals surface area contributed by atoms with Gasteiger partial charge in [0.15, 0.2) is 5.82 Å². The number of pyridine rings is 1. The minimum atomic E-state index is -0.955. The smallest absolute Gasteiger partial charge is 0.434 e. The van der Waals surface area contributed by atoms with Gasteiger partial charge >= 0.3 is 12.2 Å². The number of primary amides is 1. The molecule has 2 aromatic heterocycles. The lowest BCUT2D eigenvalue weighted by Gasteiger charge is -2.15. The molecule has 10 nitrogen and oxygen atoms in total. The molecule has 150 valence electrons. The highest BCUT2D eigenvalue weighted by atomic mass is 16.7. The predicted molar refractivity (Wildman–Crippen MR) is 101 cm³/mol. The Hall–Kier alpha value is -3.95. The van der Waals surface area contributed by atoms with Gasteiger partial charge in [-0.3, -0.25) is 0 Å². The minimum absolute atomic E-state index is 0.0594. The lowest BCUT2D eigenvalue weighted by molar-refractivity contribution is 0.0946. The standard InChI is InChI=1S/C19H19N5O5/c1-13(10-11-27-19(26)28-14-6-3-2-4-7-14)24-12-21-23-17(24)15-8-5-9-16(22-15)29-18(20)25/h2-9,12-13H,10-11H2,1H3,(H2,20,25)/t13-/m1/s1. The third-order valence-electron chi connectivity index (χ3n) is 3.91. The van der Waals surface area contributed by atoms with E-state index in [1.165, 1.54) is 6.07 Å². The predicted octanol–water partition coefficient (Wildman–Crippen LogP) is 2.96. The molecule has 0 aliphatic carbocycles. The Kier molecular flexibility index (Phi) is 6.36. The van der Waals surface area contributed by atoms with Crippen LogP contribution in [0.3, 0.4) is 0 Å². The molecule has 0 aliphatic heterocycles. The van der Waals surface area contributed by atoms with Gasteiger partial charge in [-0.15, -0.1) is 10.2 Å². The first-order chi connectivity index (χ1) is 14.0. The van der Waals surface area contributed by atoms with Crippen LogP contribution in [0.2, 0.25) is 0 Å². The van der Waals surface area contributed by atoms with Crippen LogP contribution in [0.15, 0.2) is 54.9 Å². The van der Waals surface area contributed by atoms with E-state index in [9.17, 15) is 9.59 Å². The van der Waals surface area contributed by atoms with Crippen LogP contribution in [0.25, 0.3) is 11.5 Å². The molecular formula is C19H19N5O5. The van der Waals surface area contributed by atoms with Gasteiger partial charge in [0.1, 0.15) is 17.8 Å². The van der Waals surface area contributed by atoms with Gasteiger partial charge < -0.3 is 24.5 Å². The molecular weight excluding hydrogens is 378 g/mol. The molecule has 29 heavy (non-hydrogen) atoms. The normalized spacial score (nSPS) is 11.5. The van der Waals surface area contributed by atoms with Crippen molar-refractivity contribution in [1.82, 2.24) is 19.7 Å². The van der Waals surface area contributed by atoms with Crippen LogP contribution < -0.4 is 15.2 Å². The van der Waals surface area contributed by atoms with Gasteiger partial charge in [0, 0.05) is 18.5 Å². The molecule has 1 atom stereocenters. The van der Waals surface area contributed by atoms with E-state index in [0.717, 1.165) is 0 Å². The van der Waals surface area contributed by atoms with Crippen LogP contribution in [-0.2, 0) is 4.74 Å². The number of amides is 1. The molecule has 0 aliphatic rings. The largest absolute Gasteiger partial charge is 0.513 e. The van der Waals surface area contributed by atoms with Crippen molar-refractivity contribution in [3.05, 3.63) is 54.9 Å². The average Bonchev–Trinajstić information content (AvgIpc) is 3.18. The molecule has 3 rings (SSSR count). The summed E-state index contributed by atoms with van der Waals surface area (Å²) >= 11 is 0. The van der Waals surface area contributed by atoms with Crippen molar-refractivity contribution in [2.24, 2.45) is 5.73 Å². The third-order valence-corrected chi connectivity index (χ3v) is 3.91. The maximum atomic E-state index is 11.8. The maximum Gasteiger partial charge on any atom is 0.513 e. The van der Waals surface area contributed by atoms with Gasteiger partial charge in [0.25, 0.3) is 0 Å². The Morgan fingerprint density at radius 3 is 2.66 bits per heavy atom. The first-order valence-electron chi connectivity index (χ1n) is 8.77. The molecule has 0 radical (unpaired) electrons. The summed E-state index contributed by atoms with van der Waals surface area (Å²) in [4.78, 5) is 26.9. The fourth-order valence-corrected chi connectivity index (χ4v) is 2.51. The summed E-state index contributed by atoms with van der Waals surface area (Å²) < 4.78 is 16.8. The van der Waals surface area contributed by atoms with Crippen LogP contribution in [-0.4, -0.2) is 38.6 Å². The second kappa shape index (κ2) is 9.31. The number of carbonyl (C=O) groups is 2. The van der Waals surface area contributed by atoms with Gasteiger partial charge in [-0.05, 0) is 25.1 Å². The van der Waals surface area contributed by atoms with Crippen molar-refractivity contribution >= 4 is 12.2 Å². The maximum absolute atomic E-state index is 11.8. The molecule has 0 spiro atoms. The van der Waals surface area contributed by atoms with Crippen molar-refractivity contribution in [3.8, 4) is 23.1 Å². The van der Waals surface area contributed by atoms with Crippen LogP contribution in [0.5, 0.6) is 11.6 Å². The molecule has 0 bridgehead atoms. The number of nitrogens with two attached hydrogens (primary N) is 1. The molecule has 1 amide bonds. The van der Waals surface area contributed by atoms with Gasteiger partial charge in [-0.25, -0.2) is 14.6 Å². The number of benzene rings is 1. The van der Waals surface area contributed by atoms with Crippen LogP contribution in [0.4, 0.5) is 9.59 Å². The minimum Gasteiger partial charge on any atom is -0.434 e. The number of hydrogen-bond acceptors (Lipinski definition) is 8. The number of ether oxygens (including phenoxy) is 3. The number of aromatic nitrogens is 4. The third kappa shape index (κ3) is 5.51. The second-order valence-electron chi connectivity index (χ2n) is 6.00. The first kappa shape index (κ1) is 19.8. The van der Waals surface area contributed by atoms with Gasteiger partial charge in [0.05, 0.1) is 6.61 Å². The van der Waals surface area contributed by atoms with E-state index in [0.29, 0.717) is 23.7 Å². The summed E-state index contributed by atoms with van der Waals surface area (Å²) in [7, 11) is 0. The van der Waals surface area contributed by atoms with E-state index in [1.54, 1.807) is 47.3 Å². The molecule has 0 unspecified atom stereocenters. The zero-order valence-electron chi connectivity index (χ0n) is 15.6. The highest BCUT2D eigenvalue weighted by Crippen LogP contribution is 2.22. The van der Waals surface area contributed by atoms with Gasteiger partial charge in [0.2, 0.25) is 5.88 Å². The van der Waals surface area contributed by atoms with Crippen LogP contribution in [0, 0.1) is 0 Å². The molecule has 0 saturated carbocycles. The first-order valence-corrected chi connectivity index (χ1v) is 8.77. The summed E-state index contributed by atoms with van der Waals surface area (Å²) in [5, 5.41) is 7.99. The SMILES string of the molecule is C[C@H](CCOC(=O)Oc1ccccc1)n1cnnc1-c1cccc(OC(N)=O)n1. The Labute approximate surface area is 166 Å². The lowest BCUT2D eigenvalue weighted by Crippen LogP contribution is -2.17. The zero-order chi connectivity index (χ0) is 20.6. The lowest BCUT2D eigenvalue weighted by atomic mass is 10.2. The summed E-state index contributed by atoms with van der Waals surface area (Å²) in [5.74, 6) is 0.944. The van der Waals surface area contributed by atoms with E-state index < -0.39 is 12.2 Å². The number of nitrogens with zero attached hydrogens (tertiary/aromatic N) is 4. The molecule has 2 heterocycles. The highest BCUT2D eigenvalue weighted by Gasteiger charge is 2.16. The van der Waals surface area contributed by atoms with E-state index in [-0.39, 0.29) is 18.5 Å². The van der Waals surface area contributed by atoms with E-state index >= 15 is 0 Å². The van der Waals surface area contributed by atoms with Gasteiger partial charge in [-0.1, -0.05) is 24.3 Å². The number of hydrogen-bond donors (Lipinski definition) is 1. The molecule has 3 aromatic rings. The number of rotatable bonds is 7. The monoisotopic (exact) mass is 397 g/mol. The molecule has 2 N–H and O–H groups in total. The number of carbonyl (C=O) groups excluding carboxylic acids is 2. The second-order valence-corrected chi connectivity index (χ2v) is 6.00. The van der Waals surface area contributed by atoms with Gasteiger partial charge in [-0.2, -0.15) is 0 Å². The van der Waals surface area contributed by atoms with Crippen LogP contribution in [0.1, 0.15) is 19.4 Å². The van der Waals surface area contributed by atoms with Crippen molar-refractivity contribution in [1.29, 1.82) is 0 Å². The summed E-state index contributed by atoms with van der Waals surface area (Å²) in [6.07, 6.45) is 0.312. The topological polar surface area (TPSA) is 131 Å². The summed E-state index contributed by atoms with van der Waals surface area (Å²) in [6.45, 7) is 2.06. The molecule has 10 heteroatoms. The summed E-state index contributed by atoms with van der Waals surface area (Å²) in [5.41, 5.74) is 5.47. The van der Waals surface area contributed by atoms with E-state index in [2.05, 4.69) is 15.2 Å². The molecule has 0 saturated heterocycles. The van der Waals surface area contributed by atoms with E-state index in [1.807, 2.05) is 13.0 Å². The quantitative estimate of drug-likeness (QED) is 0.475. The Bertz CT molecular complexity index is 976. The fraction of sp³-hybridized carbons (Fsp3) is 0.211. The Balaban J connectivity index is 1.58. The van der Waals surface area contributed by atoms with Crippen molar-refractivity contribution in [3.63, 3.8) is 0 Å². The van der Waals surface area contributed by atoms with Crippen molar-refractivity contribution in [2.75, 3.05) is 6.61 Å². The zero-order valence-corrected chi connectivity index (χ0v) is 15.6. The highest BCUT2D eigenvalue weighted by molar-refractivity contribution is 5.67.